The smallest absolute Gasteiger partial charge is 0.268 e. The molecule has 5 aromatic rings. The van der Waals surface area contributed by atoms with Crippen molar-refractivity contribution in [1.82, 2.24) is 20.3 Å². The highest BCUT2D eigenvalue weighted by Gasteiger charge is 2.46. The van der Waals surface area contributed by atoms with Crippen LogP contribution in [0.1, 0.15) is 16.8 Å². The van der Waals surface area contributed by atoms with Crippen molar-refractivity contribution in [2.75, 3.05) is 12.4 Å². The second-order valence-electron chi connectivity index (χ2n) is 7.72. The Balaban J connectivity index is 1.56. The lowest BCUT2D eigenvalue weighted by Gasteiger charge is -2.30. The second-order valence-corrected chi connectivity index (χ2v) is 7.72. The molecule has 1 atom stereocenters. The van der Waals surface area contributed by atoms with Gasteiger partial charge in [-0.1, -0.05) is 53.7 Å². The normalized spacial score (nSPS) is 12.9. The molecule has 1 amide bonds. The van der Waals surface area contributed by atoms with Gasteiger partial charge in [-0.2, -0.15) is 10.2 Å². The van der Waals surface area contributed by atoms with Gasteiger partial charge in [0.15, 0.2) is 0 Å². The number of hydrogen-bond donors (Lipinski definition) is 1. The number of ether oxygens (including phenoxy) is 1. The van der Waals surface area contributed by atoms with E-state index in [2.05, 4.69) is 25.7 Å². The van der Waals surface area contributed by atoms with Gasteiger partial charge in [-0.25, -0.2) is 4.98 Å². The van der Waals surface area contributed by atoms with Gasteiger partial charge < -0.3 is 14.6 Å². The monoisotopic (exact) mass is 451 g/mol. The first-order valence-electron chi connectivity index (χ1n) is 10.6. The van der Waals surface area contributed by atoms with Crippen molar-refractivity contribution in [3.05, 3.63) is 102 Å². The molecule has 0 radical (unpaired) electrons. The Morgan fingerprint density at radius 3 is 2.62 bits per heavy atom. The number of amides is 1. The van der Waals surface area contributed by atoms with E-state index in [4.69, 9.17) is 9.26 Å². The van der Waals surface area contributed by atoms with Crippen LogP contribution in [0.5, 0.6) is 0 Å². The van der Waals surface area contributed by atoms with Crippen LogP contribution in [0.3, 0.4) is 0 Å². The van der Waals surface area contributed by atoms with E-state index in [1.54, 1.807) is 18.3 Å². The first-order chi connectivity index (χ1) is 16.6. The third kappa shape index (κ3) is 3.60. The van der Waals surface area contributed by atoms with E-state index in [0.29, 0.717) is 22.8 Å². The maximum absolute atomic E-state index is 13.8. The fourth-order valence-corrected chi connectivity index (χ4v) is 4.12. The number of carbonyl (C=O) groups excluding carboxylic acids is 1. The maximum Gasteiger partial charge on any atom is 0.268 e. The average molecular weight is 451 g/mol. The highest BCUT2D eigenvalue weighted by Crippen LogP contribution is 2.36. The molecule has 0 bridgehead atoms. The number of pyridine rings is 1. The SMILES string of the molecule is CO[C@@](C(=O)Nc1cccc(-c2cnnc3ccccc23)n1)(c1ccon1)c1ccccc1C. The lowest BCUT2D eigenvalue weighted by Crippen LogP contribution is -2.44. The summed E-state index contributed by atoms with van der Waals surface area (Å²) >= 11 is 0. The number of rotatable bonds is 6. The molecule has 8 nitrogen and oxygen atoms in total. The standard InChI is InChI=1S/C26H21N5O3/c1-17-8-3-5-10-20(17)26(33-2,23-14-15-34-31-23)25(32)29-24-13-7-12-21(28-24)19-16-27-30-22-11-6-4-9-18(19)22/h3-16H,1-2H3,(H,28,29,32)/t26-/m1/s1. The van der Waals surface area contributed by atoms with Gasteiger partial charge >= 0.3 is 0 Å². The molecule has 8 heteroatoms. The molecular weight excluding hydrogens is 430 g/mol. The van der Waals surface area contributed by atoms with E-state index >= 15 is 0 Å². The summed E-state index contributed by atoms with van der Waals surface area (Å²) in [5.41, 5.74) is 2.57. The highest BCUT2D eigenvalue weighted by molar-refractivity contribution is 6.00. The lowest BCUT2D eigenvalue weighted by atomic mass is 9.86. The van der Waals surface area contributed by atoms with Crippen LogP contribution < -0.4 is 5.32 Å². The topological polar surface area (TPSA) is 103 Å². The number of hydrogen-bond acceptors (Lipinski definition) is 7. The quantitative estimate of drug-likeness (QED) is 0.405. The summed E-state index contributed by atoms with van der Waals surface area (Å²) in [5, 5.41) is 16.1. The molecule has 34 heavy (non-hydrogen) atoms. The molecule has 0 aliphatic heterocycles. The molecule has 0 aliphatic carbocycles. The van der Waals surface area contributed by atoms with Crippen LogP contribution in [0, 0.1) is 6.92 Å². The number of benzene rings is 2. The number of aromatic nitrogens is 4. The van der Waals surface area contributed by atoms with Gasteiger partial charge in [-0.15, -0.1) is 0 Å². The van der Waals surface area contributed by atoms with Crippen LogP contribution in [0.25, 0.3) is 22.2 Å². The molecule has 0 spiro atoms. The van der Waals surface area contributed by atoms with E-state index in [1.807, 2.05) is 67.6 Å². The van der Waals surface area contributed by atoms with Crippen LogP contribution in [0.2, 0.25) is 0 Å². The largest absolute Gasteiger partial charge is 0.364 e. The van der Waals surface area contributed by atoms with Crippen LogP contribution in [-0.2, 0) is 15.1 Å². The number of aryl methyl sites for hydroxylation is 1. The highest BCUT2D eigenvalue weighted by atomic mass is 16.5. The van der Waals surface area contributed by atoms with Crippen molar-refractivity contribution < 1.29 is 14.1 Å². The number of nitrogens with one attached hydrogen (secondary N) is 1. The molecule has 1 N–H and O–H groups in total. The molecule has 0 aliphatic rings. The summed E-state index contributed by atoms with van der Waals surface area (Å²) in [6.07, 6.45) is 3.08. The minimum atomic E-state index is -1.53. The minimum Gasteiger partial charge on any atom is -0.364 e. The number of carbonyl (C=O) groups is 1. The Morgan fingerprint density at radius 1 is 1.00 bits per heavy atom. The predicted octanol–water partition coefficient (Wildman–Crippen LogP) is 4.52. The van der Waals surface area contributed by atoms with Crippen LogP contribution >= 0.6 is 0 Å². The third-order valence-electron chi connectivity index (χ3n) is 5.76. The molecule has 5 rings (SSSR count). The van der Waals surface area contributed by atoms with Gasteiger partial charge in [-0.3, -0.25) is 4.79 Å². The summed E-state index contributed by atoms with van der Waals surface area (Å²) in [6.45, 7) is 1.91. The Hall–Kier alpha value is -4.43. The number of methoxy groups -OCH3 is 1. The van der Waals surface area contributed by atoms with Crippen molar-refractivity contribution in [1.29, 1.82) is 0 Å². The lowest BCUT2D eigenvalue weighted by molar-refractivity contribution is -0.134. The Morgan fingerprint density at radius 2 is 1.82 bits per heavy atom. The Bertz CT molecular complexity index is 1460. The molecule has 3 aromatic heterocycles. The third-order valence-corrected chi connectivity index (χ3v) is 5.76. The fraction of sp³-hybridized carbons (Fsp3) is 0.115. The van der Waals surface area contributed by atoms with Gasteiger partial charge in [0.1, 0.15) is 17.8 Å². The zero-order chi connectivity index (χ0) is 23.5. The van der Waals surface area contributed by atoms with Gasteiger partial charge in [-0.05, 0) is 30.7 Å². The van der Waals surface area contributed by atoms with Crippen molar-refractivity contribution >= 4 is 22.6 Å². The molecule has 0 unspecified atom stereocenters. The van der Waals surface area contributed by atoms with E-state index < -0.39 is 11.5 Å². The maximum atomic E-state index is 13.8. The summed E-state index contributed by atoms with van der Waals surface area (Å²) < 4.78 is 10.9. The second kappa shape index (κ2) is 8.84. The van der Waals surface area contributed by atoms with E-state index in [1.165, 1.54) is 13.4 Å². The van der Waals surface area contributed by atoms with E-state index in [0.717, 1.165) is 22.0 Å². The zero-order valence-corrected chi connectivity index (χ0v) is 18.6. The molecule has 3 heterocycles. The van der Waals surface area contributed by atoms with Crippen molar-refractivity contribution in [2.45, 2.75) is 12.5 Å². The first-order valence-corrected chi connectivity index (χ1v) is 10.6. The van der Waals surface area contributed by atoms with Crippen molar-refractivity contribution in [3.8, 4) is 11.3 Å². The fourth-order valence-electron chi connectivity index (χ4n) is 4.12. The summed E-state index contributed by atoms with van der Waals surface area (Å²) in [5.74, 6) is -0.0811. The van der Waals surface area contributed by atoms with Crippen molar-refractivity contribution in [2.24, 2.45) is 0 Å². The molecule has 0 saturated heterocycles. The summed E-state index contributed by atoms with van der Waals surface area (Å²) in [7, 11) is 1.47. The van der Waals surface area contributed by atoms with Gasteiger partial charge in [0.05, 0.1) is 17.4 Å². The van der Waals surface area contributed by atoms with Crippen LogP contribution in [0.15, 0.2) is 89.8 Å². The average Bonchev–Trinajstić information content (AvgIpc) is 3.41. The molecule has 0 fully saturated rings. The molecule has 168 valence electrons. The zero-order valence-electron chi connectivity index (χ0n) is 18.6. The van der Waals surface area contributed by atoms with Crippen LogP contribution in [-0.4, -0.2) is 33.4 Å². The minimum absolute atomic E-state index is 0.335. The van der Waals surface area contributed by atoms with E-state index in [9.17, 15) is 4.79 Å². The van der Waals surface area contributed by atoms with Crippen molar-refractivity contribution in [3.63, 3.8) is 0 Å². The predicted molar refractivity (Wildman–Crippen MR) is 127 cm³/mol. The Labute approximate surface area is 195 Å². The van der Waals surface area contributed by atoms with Crippen LogP contribution in [0.4, 0.5) is 5.82 Å². The first kappa shape index (κ1) is 21.4. The van der Waals surface area contributed by atoms with Gasteiger partial charge in [0.25, 0.3) is 5.91 Å². The summed E-state index contributed by atoms with van der Waals surface area (Å²) in [6, 6.07) is 22.2. The van der Waals surface area contributed by atoms with Gasteiger partial charge in [0.2, 0.25) is 5.60 Å². The molecular formula is C26H21N5O3. The molecule has 2 aromatic carbocycles. The number of anilines is 1. The molecule has 0 saturated carbocycles. The summed E-state index contributed by atoms with van der Waals surface area (Å²) in [4.78, 5) is 18.5. The number of nitrogens with zero attached hydrogens (tertiary/aromatic N) is 4. The number of fused-ring (bicyclic) bond motifs is 1. The van der Waals surface area contributed by atoms with Gasteiger partial charge in [0, 0.05) is 29.7 Å². The van der Waals surface area contributed by atoms with E-state index in [-0.39, 0.29) is 0 Å². The Kier molecular flexibility index (Phi) is 5.57.